The zero-order valence-corrected chi connectivity index (χ0v) is 13.7. The van der Waals surface area contributed by atoms with Crippen molar-refractivity contribution in [3.05, 3.63) is 58.3 Å². The number of halogens is 2. The number of nitrogens with zero attached hydrogens (tertiary/aromatic N) is 3. The van der Waals surface area contributed by atoms with Crippen LogP contribution in [-0.4, -0.2) is 21.1 Å². The van der Waals surface area contributed by atoms with E-state index in [2.05, 4.69) is 20.5 Å². The lowest BCUT2D eigenvalue weighted by Crippen LogP contribution is -2.13. The van der Waals surface area contributed by atoms with Crippen LogP contribution in [0.4, 0.5) is 10.1 Å². The van der Waals surface area contributed by atoms with E-state index in [1.807, 2.05) is 6.07 Å². The molecular formula is C17H11ClFN5O. The number of carbonyl (C=O) groups is 1. The first-order valence-electron chi connectivity index (χ1n) is 7.17. The highest BCUT2D eigenvalue weighted by Gasteiger charge is 2.12. The number of nitrogens with one attached hydrogen (secondary N) is 2. The molecule has 6 nitrogen and oxygen atoms in total. The Morgan fingerprint density at radius 3 is 3.00 bits per heavy atom. The molecule has 0 aliphatic heterocycles. The molecule has 0 unspecified atom stereocenters. The number of carbonyl (C=O) groups excluding carboxylic acids is 1. The molecule has 0 aliphatic carbocycles. The van der Waals surface area contributed by atoms with E-state index in [0.717, 1.165) is 6.08 Å². The number of hydrogen-bond donors (Lipinski definition) is 2. The number of benzene rings is 1. The van der Waals surface area contributed by atoms with Gasteiger partial charge in [0.05, 0.1) is 21.9 Å². The fourth-order valence-corrected chi connectivity index (χ4v) is 2.40. The van der Waals surface area contributed by atoms with E-state index in [1.54, 1.807) is 25.1 Å². The summed E-state index contributed by atoms with van der Waals surface area (Å²) in [5, 5.41) is 18.8. The molecule has 3 aromatic rings. The molecule has 2 heterocycles. The van der Waals surface area contributed by atoms with E-state index in [4.69, 9.17) is 16.9 Å². The van der Waals surface area contributed by atoms with Crippen LogP contribution in [0.15, 0.2) is 36.3 Å². The van der Waals surface area contributed by atoms with Gasteiger partial charge in [-0.25, -0.2) is 4.39 Å². The number of aryl methyl sites for hydroxylation is 1. The van der Waals surface area contributed by atoms with Gasteiger partial charge in [0.2, 0.25) is 0 Å². The molecule has 0 spiro atoms. The average Bonchev–Trinajstić information content (AvgIpc) is 3.00. The van der Waals surface area contributed by atoms with E-state index >= 15 is 0 Å². The summed E-state index contributed by atoms with van der Waals surface area (Å²) in [4.78, 5) is 16.0. The predicted molar refractivity (Wildman–Crippen MR) is 92.5 cm³/mol. The summed E-state index contributed by atoms with van der Waals surface area (Å²) in [5.41, 5.74) is 2.15. The summed E-state index contributed by atoms with van der Waals surface area (Å²) in [6.07, 6.45) is 2.53. The number of rotatable bonds is 3. The van der Waals surface area contributed by atoms with Crippen molar-refractivity contribution in [1.82, 2.24) is 15.2 Å². The van der Waals surface area contributed by atoms with Gasteiger partial charge in [0.15, 0.2) is 11.5 Å². The van der Waals surface area contributed by atoms with Crippen molar-refractivity contribution in [2.75, 3.05) is 5.32 Å². The number of H-pyrrole nitrogens is 1. The molecule has 8 heteroatoms. The van der Waals surface area contributed by atoms with Crippen LogP contribution >= 0.6 is 11.6 Å². The normalized spacial score (nSPS) is 11.4. The minimum atomic E-state index is -0.973. The Morgan fingerprint density at radius 2 is 2.24 bits per heavy atom. The van der Waals surface area contributed by atoms with Crippen LogP contribution < -0.4 is 5.32 Å². The van der Waals surface area contributed by atoms with Crippen LogP contribution in [0.25, 0.3) is 17.0 Å². The maximum absolute atomic E-state index is 14.2. The zero-order chi connectivity index (χ0) is 18.0. The molecule has 0 saturated carbocycles. The topological polar surface area (TPSA) is 94.5 Å². The van der Waals surface area contributed by atoms with Gasteiger partial charge >= 0.3 is 0 Å². The fourth-order valence-electron chi connectivity index (χ4n) is 2.24. The fraction of sp³-hybridized carbons (Fsp3) is 0.0588. The third-order valence-corrected chi connectivity index (χ3v) is 3.71. The summed E-state index contributed by atoms with van der Waals surface area (Å²) in [6.45, 7) is 1.67. The Morgan fingerprint density at radius 1 is 1.44 bits per heavy atom. The van der Waals surface area contributed by atoms with Crippen molar-refractivity contribution in [1.29, 1.82) is 5.26 Å². The lowest BCUT2D eigenvalue weighted by Gasteiger charge is -2.07. The van der Waals surface area contributed by atoms with Crippen LogP contribution in [0.5, 0.6) is 0 Å². The maximum Gasteiger partial charge on any atom is 0.284 e. The van der Waals surface area contributed by atoms with Gasteiger partial charge in [-0.15, -0.1) is 0 Å². The average molecular weight is 356 g/mol. The largest absolute Gasteiger partial charge is 0.318 e. The van der Waals surface area contributed by atoms with Crippen molar-refractivity contribution in [2.45, 2.75) is 6.92 Å². The van der Waals surface area contributed by atoms with Crippen LogP contribution in [0.2, 0.25) is 5.02 Å². The Hall–Kier alpha value is -3.24. The maximum atomic E-state index is 14.2. The summed E-state index contributed by atoms with van der Waals surface area (Å²) in [6, 6.07) is 8.28. The Labute approximate surface area is 146 Å². The SMILES string of the molecule is Cc1ncc(Cl)cc1NC(=O)/C(F)=C/c1ccc2c(C#N)n[nH]c2c1. The summed E-state index contributed by atoms with van der Waals surface area (Å²) < 4.78 is 14.2. The number of amides is 1. The zero-order valence-electron chi connectivity index (χ0n) is 13.0. The first-order valence-corrected chi connectivity index (χ1v) is 7.54. The van der Waals surface area contributed by atoms with Crippen LogP contribution in [0.3, 0.4) is 0 Å². The van der Waals surface area contributed by atoms with Gasteiger partial charge in [0.1, 0.15) is 6.07 Å². The van der Waals surface area contributed by atoms with E-state index in [1.165, 1.54) is 12.3 Å². The second-order valence-corrected chi connectivity index (χ2v) is 5.66. The van der Waals surface area contributed by atoms with Gasteiger partial charge in [-0.1, -0.05) is 17.7 Å². The van der Waals surface area contributed by atoms with Gasteiger partial charge in [0, 0.05) is 11.6 Å². The molecule has 0 aliphatic rings. The van der Waals surface area contributed by atoms with Crippen molar-refractivity contribution >= 4 is 40.2 Å². The third kappa shape index (κ3) is 3.49. The quantitative estimate of drug-likeness (QED) is 0.700. The molecule has 0 atom stereocenters. The lowest BCUT2D eigenvalue weighted by molar-refractivity contribution is -0.114. The number of aromatic nitrogens is 3. The van der Waals surface area contributed by atoms with E-state index < -0.39 is 11.7 Å². The van der Waals surface area contributed by atoms with E-state index in [-0.39, 0.29) is 5.69 Å². The molecular weight excluding hydrogens is 345 g/mol. The smallest absolute Gasteiger partial charge is 0.284 e. The molecule has 25 heavy (non-hydrogen) atoms. The van der Waals surface area contributed by atoms with Crippen LogP contribution in [0.1, 0.15) is 17.0 Å². The number of hydrogen-bond acceptors (Lipinski definition) is 4. The standard InChI is InChI=1S/C17H11ClFN5O/c1-9-14(6-11(18)8-21-9)22-17(25)13(19)4-10-2-3-12-15(5-10)23-24-16(12)7-20/h2-6,8H,1H3,(H,22,25)(H,23,24)/b13-4-. The number of anilines is 1. The minimum absolute atomic E-state index is 0.257. The Kier molecular flexibility index (Phi) is 4.46. The second kappa shape index (κ2) is 6.71. The first kappa shape index (κ1) is 16.6. The highest BCUT2D eigenvalue weighted by Crippen LogP contribution is 2.21. The van der Waals surface area contributed by atoms with Crippen LogP contribution in [-0.2, 0) is 4.79 Å². The van der Waals surface area contributed by atoms with Gasteiger partial charge in [0.25, 0.3) is 5.91 Å². The minimum Gasteiger partial charge on any atom is -0.318 e. The molecule has 0 saturated heterocycles. The van der Waals surface area contributed by atoms with Gasteiger partial charge in [-0.2, -0.15) is 10.4 Å². The number of pyridine rings is 1. The summed E-state index contributed by atoms with van der Waals surface area (Å²) in [7, 11) is 0. The van der Waals surface area contributed by atoms with Crippen molar-refractivity contribution < 1.29 is 9.18 Å². The third-order valence-electron chi connectivity index (χ3n) is 3.50. The van der Waals surface area contributed by atoms with E-state index in [9.17, 15) is 9.18 Å². The number of nitriles is 1. The highest BCUT2D eigenvalue weighted by molar-refractivity contribution is 6.30. The van der Waals surface area contributed by atoms with Crippen molar-refractivity contribution in [3.8, 4) is 6.07 Å². The predicted octanol–water partition coefficient (Wildman–Crippen LogP) is 3.74. The van der Waals surface area contributed by atoms with Gasteiger partial charge in [-0.05, 0) is 36.8 Å². The molecule has 1 amide bonds. The Bertz CT molecular complexity index is 1050. The molecule has 2 aromatic heterocycles. The van der Waals surface area contributed by atoms with Crippen molar-refractivity contribution in [3.63, 3.8) is 0 Å². The molecule has 124 valence electrons. The monoisotopic (exact) mass is 355 g/mol. The molecule has 0 bridgehead atoms. The number of aromatic amines is 1. The molecule has 2 N–H and O–H groups in total. The lowest BCUT2D eigenvalue weighted by atomic mass is 10.1. The Balaban J connectivity index is 1.84. The summed E-state index contributed by atoms with van der Waals surface area (Å²) in [5.74, 6) is -1.88. The molecule has 1 aromatic carbocycles. The van der Waals surface area contributed by atoms with Gasteiger partial charge in [-0.3, -0.25) is 14.9 Å². The molecule has 0 radical (unpaired) electrons. The first-order chi connectivity index (χ1) is 12.0. The van der Waals surface area contributed by atoms with E-state index in [0.29, 0.717) is 32.9 Å². The van der Waals surface area contributed by atoms with Crippen LogP contribution in [0, 0.1) is 18.3 Å². The van der Waals surface area contributed by atoms with Crippen molar-refractivity contribution in [2.24, 2.45) is 0 Å². The highest BCUT2D eigenvalue weighted by atomic mass is 35.5. The molecule has 0 fully saturated rings. The second-order valence-electron chi connectivity index (χ2n) is 5.22. The molecule has 3 rings (SSSR count). The number of fused-ring (bicyclic) bond motifs is 1. The van der Waals surface area contributed by atoms with Gasteiger partial charge < -0.3 is 5.32 Å². The summed E-state index contributed by atoms with van der Waals surface area (Å²) >= 11 is 5.82.